The molecular weight excluding hydrogens is 222 g/mol. The normalized spacial score (nSPS) is 14.7. The Morgan fingerprint density at radius 2 is 1.89 bits per heavy atom. The van der Waals surface area contributed by atoms with Crippen LogP contribution in [0, 0.1) is 13.8 Å². The lowest BCUT2D eigenvalue weighted by Crippen LogP contribution is -2.08. The highest BCUT2D eigenvalue weighted by molar-refractivity contribution is 5.99. The minimum Gasteiger partial charge on any atom is -0.358 e. The molecule has 2 heteroatoms. The number of benzene rings is 1. The minimum atomic E-state index is 0.281. The Morgan fingerprint density at radius 1 is 1.06 bits per heavy atom. The number of aryl methyl sites for hydroxylation is 3. The average Bonchev–Trinajstić information content (AvgIpc) is 2.74. The summed E-state index contributed by atoms with van der Waals surface area (Å²) in [7, 11) is 0. The molecule has 1 N–H and O–H groups in total. The van der Waals surface area contributed by atoms with Gasteiger partial charge in [-0.25, -0.2) is 0 Å². The van der Waals surface area contributed by atoms with Gasteiger partial charge in [-0.3, -0.25) is 4.79 Å². The molecule has 0 saturated heterocycles. The molecule has 1 aliphatic carbocycles. The molecular formula is C16H17NO. The molecule has 0 fully saturated rings. The summed E-state index contributed by atoms with van der Waals surface area (Å²) in [5, 5.41) is 0. The van der Waals surface area contributed by atoms with E-state index in [0.717, 1.165) is 29.8 Å². The van der Waals surface area contributed by atoms with Gasteiger partial charge in [-0.05, 0) is 38.3 Å². The molecule has 0 amide bonds. The van der Waals surface area contributed by atoms with Crippen molar-refractivity contribution in [1.29, 1.82) is 0 Å². The quantitative estimate of drug-likeness (QED) is 0.806. The van der Waals surface area contributed by atoms with Crippen LogP contribution in [0.25, 0.3) is 11.3 Å². The van der Waals surface area contributed by atoms with Gasteiger partial charge < -0.3 is 4.98 Å². The number of H-pyrrole nitrogens is 1. The van der Waals surface area contributed by atoms with E-state index in [1.165, 1.54) is 16.7 Å². The first-order valence-electron chi connectivity index (χ1n) is 6.48. The number of nitrogens with one attached hydrogen (secondary N) is 1. The van der Waals surface area contributed by atoms with E-state index in [9.17, 15) is 4.79 Å². The number of fused-ring (bicyclic) bond motifs is 1. The molecule has 18 heavy (non-hydrogen) atoms. The fourth-order valence-corrected chi connectivity index (χ4v) is 2.76. The Bertz CT molecular complexity index is 622. The molecule has 0 unspecified atom stereocenters. The minimum absolute atomic E-state index is 0.281. The van der Waals surface area contributed by atoms with Crippen LogP contribution in [0.2, 0.25) is 0 Å². The van der Waals surface area contributed by atoms with Crippen LogP contribution in [0.3, 0.4) is 0 Å². The van der Waals surface area contributed by atoms with E-state index in [4.69, 9.17) is 0 Å². The van der Waals surface area contributed by atoms with Crippen molar-refractivity contribution in [1.82, 2.24) is 4.98 Å². The van der Waals surface area contributed by atoms with Crippen molar-refractivity contribution in [2.24, 2.45) is 0 Å². The van der Waals surface area contributed by atoms with E-state index < -0.39 is 0 Å². The predicted molar refractivity (Wildman–Crippen MR) is 73.0 cm³/mol. The van der Waals surface area contributed by atoms with Gasteiger partial charge >= 0.3 is 0 Å². The Kier molecular flexibility index (Phi) is 2.58. The second kappa shape index (κ2) is 4.13. The summed E-state index contributed by atoms with van der Waals surface area (Å²) < 4.78 is 0. The number of hydrogen-bond acceptors (Lipinski definition) is 1. The zero-order chi connectivity index (χ0) is 12.7. The van der Waals surface area contributed by atoms with Crippen molar-refractivity contribution in [2.45, 2.75) is 33.1 Å². The first kappa shape index (κ1) is 11.3. The molecule has 2 nitrogen and oxygen atoms in total. The third-order valence-corrected chi connectivity index (χ3v) is 3.70. The molecule has 1 aromatic heterocycles. The van der Waals surface area contributed by atoms with Gasteiger partial charge in [-0.15, -0.1) is 0 Å². The fraction of sp³-hybridized carbons (Fsp3) is 0.312. The standard InChI is InChI=1S/C16H17NO/c1-10-6-7-12(11(2)8-10)15-9-13-14(17-15)4-3-5-16(13)18/h6-9,17H,3-5H2,1-2H3. The maximum absolute atomic E-state index is 11.8. The van der Waals surface area contributed by atoms with Crippen LogP contribution < -0.4 is 0 Å². The van der Waals surface area contributed by atoms with E-state index >= 15 is 0 Å². The van der Waals surface area contributed by atoms with Crippen LogP contribution in [0.1, 0.15) is 40.0 Å². The van der Waals surface area contributed by atoms with Gasteiger partial charge in [-0.2, -0.15) is 0 Å². The van der Waals surface area contributed by atoms with Gasteiger partial charge in [0, 0.05) is 28.9 Å². The van der Waals surface area contributed by atoms with Crippen LogP contribution in [0.15, 0.2) is 24.3 Å². The number of rotatable bonds is 1. The number of ketones is 1. The van der Waals surface area contributed by atoms with E-state index in [1.54, 1.807) is 0 Å². The van der Waals surface area contributed by atoms with Gasteiger partial charge in [0.15, 0.2) is 5.78 Å². The van der Waals surface area contributed by atoms with Crippen LogP contribution >= 0.6 is 0 Å². The fourth-order valence-electron chi connectivity index (χ4n) is 2.76. The average molecular weight is 239 g/mol. The Balaban J connectivity index is 2.10. The molecule has 0 atom stereocenters. The summed E-state index contributed by atoms with van der Waals surface area (Å²) in [6.45, 7) is 4.21. The van der Waals surface area contributed by atoms with Crippen molar-refractivity contribution in [3.05, 3.63) is 46.6 Å². The third-order valence-electron chi connectivity index (χ3n) is 3.70. The number of hydrogen-bond donors (Lipinski definition) is 1. The Hall–Kier alpha value is -1.83. The van der Waals surface area contributed by atoms with Gasteiger partial charge in [0.2, 0.25) is 0 Å². The van der Waals surface area contributed by atoms with Crippen LogP contribution in [-0.2, 0) is 6.42 Å². The van der Waals surface area contributed by atoms with E-state index in [1.807, 2.05) is 6.07 Å². The molecule has 2 aromatic rings. The first-order valence-corrected chi connectivity index (χ1v) is 6.48. The summed E-state index contributed by atoms with van der Waals surface area (Å²) in [6, 6.07) is 8.45. The highest BCUT2D eigenvalue weighted by atomic mass is 16.1. The molecule has 0 bridgehead atoms. The monoisotopic (exact) mass is 239 g/mol. The predicted octanol–water partition coefficient (Wildman–Crippen LogP) is 3.82. The zero-order valence-electron chi connectivity index (χ0n) is 10.8. The summed E-state index contributed by atoms with van der Waals surface area (Å²) >= 11 is 0. The summed E-state index contributed by atoms with van der Waals surface area (Å²) in [5.74, 6) is 0.281. The highest BCUT2D eigenvalue weighted by Crippen LogP contribution is 2.29. The maximum Gasteiger partial charge on any atom is 0.164 e. The molecule has 3 rings (SSSR count). The molecule has 0 aliphatic heterocycles. The summed E-state index contributed by atoms with van der Waals surface area (Å²) in [4.78, 5) is 15.3. The van der Waals surface area contributed by atoms with Crippen LogP contribution in [-0.4, -0.2) is 10.8 Å². The smallest absolute Gasteiger partial charge is 0.164 e. The molecule has 1 heterocycles. The third kappa shape index (κ3) is 1.78. The van der Waals surface area contributed by atoms with Crippen LogP contribution in [0.4, 0.5) is 0 Å². The molecule has 0 spiro atoms. The summed E-state index contributed by atoms with van der Waals surface area (Å²) in [5.41, 5.74) is 6.80. The van der Waals surface area contributed by atoms with E-state index in [0.29, 0.717) is 6.42 Å². The lowest BCUT2D eigenvalue weighted by molar-refractivity contribution is 0.0972. The zero-order valence-corrected chi connectivity index (χ0v) is 10.8. The second-order valence-electron chi connectivity index (χ2n) is 5.17. The lowest BCUT2D eigenvalue weighted by Gasteiger charge is -2.08. The van der Waals surface area contributed by atoms with Gasteiger partial charge in [0.1, 0.15) is 0 Å². The SMILES string of the molecule is Cc1ccc(-c2cc3c([nH]2)CCCC3=O)c(C)c1. The first-order chi connectivity index (χ1) is 8.65. The van der Waals surface area contributed by atoms with Gasteiger partial charge in [0.25, 0.3) is 0 Å². The number of carbonyl (C=O) groups is 1. The van der Waals surface area contributed by atoms with Crippen molar-refractivity contribution in [3.63, 3.8) is 0 Å². The highest BCUT2D eigenvalue weighted by Gasteiger charge is 2.20. The number of aromatic amines is 1. The number of aromatic nitrogens is 1. The number of carbonyl (C=O) groups excluding carboxylic acids is 1. The molecule has 0 saturated carbocycles. The van der Waals surface area contributed by atoms with E-state index in [2.05, 4.69) is 37.0 Å². The summed E-state index contributed by atoms with van der Waals surface area (Å²) in [6.07, 6.45) is 2.65. The topological polar surface area (TPSA) is 32.9 Å². The Labute approximate surface area is 107 Å². The largest absolute Gasteiger partial charge is 0.358 e. The van der Waals surface area contributed by atoms with Gasteiger partial charge in [0.05, 0.1) is 0 Å². The van der Waals surface area contributed by atoms with Crippen LogP contribution in [0.5, 0.6) is 0 Å². The maximum atomic E-state index is 11.8. The van der Waals surface area contributed by atoms with E-state index in [-0.39, 0.29) is 5.78 Å². The molecule has 1 aromatic carbocycles. The molecule has 92 valence electrons. The van der Waals surface area contributed by atoms with Crippen molar-refractivity contribution in [2.75, 3.05) is 0 Å². The van der Waals surface area contributed by atoms with Crippen molar-refractivity contribution >= 4 is 5.78 Å². The molecule has 0 radical (unpaired) electrons. The molecule has 1 aliphatic rings. The van der Waals surface area contributed by atoms with Gasteiger partial charge in [-0.1, -0.05) is 23.8 Å². The Morgan fingerprint density at radius 3 is 2.61 bits per heavy atom. The van der Waals surface area contributed by atoms with Crippen molar-refractivity contribution in [3.8, 4) is 11.3 Å². The second-order valence-corrected chi connectivity index (χ2v) is 5.17. The number of Topliss-reactive ketones (excluding diaryl/α,β-unsaturated/α-hetero) is 1. The van der Waals surface area contributed by atoms with Crippen molar-refractivity contribution < 1.29 is 4.79 Å². The lowest BCUT2D eigenvalue weighted by atomic mass is 9.96.